The van der Waals surface area contributed by atoms with Crippen LogP contribution < -0.4 is 10.2 Å². The van der Waals surface area contributed by atoms with Gasteiger partial charge in [-0.05, 0) is 65.2 Å². The zero-order valence-corrected chi connectivity index (χ0v) is 24.6. The van der Waals surface area contributed by atoms with Crippen molar-refractivity contribution < 1.29 is 62.3 Å². The lowest BCUT2D eigenvalue weighted by Gasteiger charge is -2.31. The molecule has 3 aromatic rings. The lowest BCUT2D eigenvalue weighted by molar-refractivity contribution is -0.348. The zero-order valence-electron chi connectivity index (χ0n) is 23.0. The highest BCUT2D eigenvalue weighted by Gasteiger charge is 2.73. The molecule has 2 amide bonds. The van der Waals surface area contributed by atoms with Crippen molar-refractivity contribution in [3.8, 4) is 6.07 Å². The van der Waals surface area contributed by atoms with Gasteiger partial charge in [0.2, 0.25) is 5.95 Å². The van der Waals surface area contributed by atoms with Gasteiger partial charge in [0.05, 0.1) is 34.1 Å². The highest BCUT2D eigenvalue weighted by molar-refractivity contribution is 9.10. The average Bonchev–Trinajstić information content (AvgIpc) is 2.96. The fraction of sp³-hybridized carbons (Fsp3) is 0.286. The van der Waals surface area contributed by atoms with Crippen LogP contribution in [0.4, 0.5) is 64.1 Å². The Morgan fingerprint density at radius 1 is 0.915 bits per heavy atom. The first kappa shape index (κ1) is 37.1. The first-order valence-corrected chi connectivity index (χ1v) is 13.6. The number of nitriles is 1. The van der Waals surface area contributed by atoms with Crippen LogP contribution >= 0.6 is 15.9 Å². The minimum atomic E-state index is -6.76. The van der Waals surface area contributed by atoms with Gasteiger partial charge in [0.25, 0.3) is 11.8 Å². The summed E-state index contributed by atoms with van der Waals surface area (Å²) < 4.78 is 164. The van der Waals surface area contributed by atoms with Gasteiger partial charge >= 0.3 is 24.2 Å². The Kier molecular flexibility index (Phi) is 10.9. The van der Waals surface area contributed by atoms with E-state index in [4.69, 9.17) is 5.26 Å². The molecule has 0 bridgehead atoms. The number of aromatic nitrogens is 1. The molecule has 47 heavy (non-hydrogen) atoms. The van der Waals surface area contributed by atoms with Crippen LogP contribution in [-0.4, -0.2) is 35.7 Å². The van der Waals surface area contributed by atoms with Gasteiger partial charge in [-0.2, -0.15) is 49.2 Å². The summed E-state index contributed by atoms with van der Waals surface area (Å²) >= 11 is 2.35. The molecule has 252 valence electrons. The second kappa shape index (κ2) is 13.8. The van der Waals surface area contributed by atoms with Gasteiger partial charge in [-0.25, -0.2) is 13.8 Å². The summed E-state index contributed by atoms with van der Waals surface area (Å²) in [7, 11) is 0. The van der Waals surface area contributed by atoms with Crippen molar-refractivity contribution in [2.75, 3.05) is 16.8 Å². The first-order chi connectivity index (χ1) is 21.6. The van der Waals surface area contributed by atoms with Crippen molar-refractivity contribution >= 4 is 39.1 Å². The third kappa shape index (κ3) is 7.80. The molecule has 0 saturated heterocycles. The summed E-state index contributed by atoms with van der Waals surface area (Å²) in [6, 6.07) is 5.35. The number of anilines is 2. The lowest BCUT2D eigenvalue weighted by atomic mass is 9.92. The number of unbranched alkanes of at least 4 members (excludes halogenated alkanes) is 2. The standard InChI is InChI=1S/C28H17BrF12N4O2/c29-18-12-15(25(32,27(36,37)38)28(39,40)41)11-17(26(33,34)35)22(18)44-23(46)16-5-4-6-19(21(16)31)45(10-3-1-2-9-42)24(47)14-7-8-20(30)43-13-14/h4-8,11-13H,1-3,10H2,(H,44,46). The molecule has 2 aromatic carbocycles. The molecule has 0 aliphatic carbocycles. The molecule has 0 radical (unpaired) electrons. The molecule has 6 nitrogen and oxygen atoms in total. The van der Waals surface area contributed by atoms with Crippen molar-refractivity contribution in [2.24, 2.45) is 0 Å². The van der Waals surface area contributed by atoms with E-state index < -0.39 is 86.4 Å². The second-order valence-electron chi connectivity index (χ2n) is 9.57. The normalized spacial score (nSPS) is 12.4. The summed E-state index contributed by atoms with van der Waals surface area (Å²) in [4.78, 5) is 30.4. The fourth-order valence-corrected chi connectivity index (χ4v) is 4.75. The molecule has 3 rings (SSSR count). The minimum Gasteiger partial charge on any atom is -0.320 e. The molecule has 0 fully saturated rings. The molecular weight excluding hydrogens is 732 g/mol. The van der Waals surface area contributed by atoms with E-state index in [9.17, 15) is 57.9 Å². The van der Waals surface area contributed by atoms with E-state index in [0.29, 0.717) is 0 Å². The van der Waals surface area contributed by atoms with Crippen LogP contribution in [0.15, 0.2) is 53.1 Å². The number of nitrogens with zero attached hydrogens (tertiary/aromatic N) is 3. The molecule has 0 aliphatic heterocycles. The number of benzene rings is 2. The lowest BCUT2D eigenvalue weighted by Crippen LogP contribution is -2.50. The number of carbonyl (C=O) groups is 2. The Morgan fingerprint density at radius 2 is 1.55 bits per heavy atom. The number of halogens is 13. The molecule has 1 heterocycles. The van der Waals surface area contributed by atoms with Gasteiger partial charge in [-0.1, -0.05) is 6.07 Å². The number of nitrogens with one attached hydrogen (secondary N) is 1. The third-order valence-electron chi connectivity index (χ3n) is 6.47. The number of carbonyl (C=O) groups excluding carboxylic acids is 2. The zero-order chi connectivity index (χ0) is 35.5. The first-order valence-electron chi connectivity index (χ1n) is 12.8. The topological polar surface area (TPSA) is 86.1 Å². The Bertz CT molecular complexity index is 1670. The number of hydrogen-bond acceptors (Lipinski definition) is 4. The van der Waals surface area contributed by atoms with Crippen molar-refractivity contribution in [1.29, 1.82) is 5.26 Å². The van der Waals surface area contributed by atoms with Gasteiger partial charge < -0.3 is 10.2 Å². The van der Waals surface area contributed by atoms with E-state index in [2.05, 4.69) is 20.9 Å². The summed E-state index contributed by atoms with van der Waals surface area (Å²) in [6.45, 7) is -0.283. The highest BCUT2D eigenvalue weighted by Crippen LogP contribution is 2.55. The van der Waals surface area contributed by atoms with Crippen LogP contribution in [0.5, 0.6) is 0 Å². The smallest absolute Gasteiger partial charge is 0.320 e. The number of pyridine rings is 1. The monoisotopic (exact) mass is 748 g/mol. The molecule has 1 N–H and O–H groups in total. The Morgan fingerprint density at radius 3 is 2.09 bits per heavy atom. The maximum absolute atomic E-state index is 15.8. The summed E-state index contributed by atoms with van der Waals surface area (Å²) in [6.07, 6.45) is -18.1. The van der Waals surface area contributed by atoms with Gasteiger partial charge in [-0.3, -0.25) is 9.59 Å². The molecule has 0 unspecified atom stereocenters. The highest BCUT2D eigenvalue weighted by atomic mass is 79.9. The van der Waals surface area contributed by atoms with Gasteiger partial charge in [0.1, 0.15) is 0 Å². The van der Waals surface area contributed by atoms with E-state index >= 15 is 4.39 Å². The van der Waals surface area contributed by atoms with Crippen molar-refractivity contribution in [2.45, 2.75) is 43.5 Å². The average molecular weight is 749 g/mol. The number of rotatable bonds is 9. The van der Waals surface area contributed by atoms with Gasteiger partial charge in [0, 0.05) is 29.2 Å². The summed E-state index contributed by atoms with van der Waals surface area (Å²) in [5.41, 5.74) is -14.5. The maximum Gasteiger partial charge on any atom is 0.435 e. The Balaban J connectivity index is 2.11. The van der Waals surface area contributed by atoms with Crippen LogP contribution in [0, 0.1) is 23.1 Å². The molecule has 0 aliphatic rings. The van der Waals surface area contributed by atoms with Crippen LogP contribution in [0.2, 0.25) is 0 Å². The minimum absolute atomic E-state index is 0.0374. The number of amides is 2. The molecule has 0 atom stereocenters. The fourth-order valence-electron chi connectivity index (χ4n) is 4.19. The molecule has 1 aromatic heterocycles. The van der Waals surface area contributed by atoms with Crippen LogP contribution in [0.3, 0.4) is 0 Å². The van der Waals surface area contributed by atoms with Crippen molar-refractivity contribution in [3.63, 3.8) is 0 Å². The van der Waals surface area contributed by atoms with E-state index in [1.54, 1.807) is 5.32 Å². The molecule has 0 saturated carbocycles. The van der Waals surface area contributed by atoms with Crippen molar-refractivity contribution in [3.05, 3.63) is 87.2 Å². The molecule has 19 heteroatoms. The Hall–Kier alpha value is -4.34. The van der Waals surface area contributed by atoms with Crippen molar-refractivity contribution in [1.82, 2.24) is 4.98 Å². The van der Waals surface area contributed by atoms with Crippen LogP contribution in [0.1, 0.15) is 51.1 Å². The maximum atomic E-state index is 15.8. The third-order valence-corrected chi connectivity index (χ3v) is 7.09. The summed E-state index contributed by atoms with van der Waals surface area (Å²) in [5.74, 6) is -5.14. The Labute approximate surface area is 265 Å². The summed E-state index contributed by atoms with van der Waals surface area (Å²) in [5, 5.41) is 10.3. The predicted octanol–water partition coefficient (Wildman–Crippen LogP) is 9.02. The number of hydrogen-bond donors (Lipinski definition) is 1. The van der Waals surface area contributed by atoms with E-state index in [1.165, 1.54) is 0 Å². The largest absolute Gasteiger partial charge is 0.435 e. The van der Waals surface area contributed by atoms with Gasteiger partial charge in [-0.15, -0.1) is 0 Å². The van der Waals surface area contributed by atoms with E-state index in [1.807, 2.05) is 6.07 Å². The van der Waals surface area contributed by atoms with E-state index in [0.717, 1.165) is 41.4 Å². The second-order valence-corrected chi connectivity index (χ2v) is 10.4. The quantitative estimate of drug-likeness (QED) is 0.135. The van der Waals surface area contributed by atoms with Gasteiger partial charge in [0.15, 0.2) is 5.82 Å². The SMILES string of the molecule is N#CCCCCN(C(=O)c1ccc(F)nc1)c1cccc(C(=O)Nc2c(Br)cc(C(F)(C(F)(F)F)C(F)(F)F)cc2C(F)(F)F)c1F. The predicted molar refractivity (Wildman–Crippen MR) is 144 cm³/mol. The number of alkyl halides is 10. The van der Waals surface area contributed by atoms with Crippen LogP contribution in [0.25, 0.3) is 0 Å². The van der Waals surface area contributed by atoms with E-state index in [-0.39, 0.29) is 37.4 Å². The van der Waals surface area contributed by atoms with Crippen LogP contribution in [-0.2, 0) is 11.8 Å². The molecular formula is C28H17BrF12N4O2. The molecule has 0 spiro atoms.